The fourth-order valence-electron chi connectivity index (χ4n) is 4.56. The third kappa shape index (κ3) is 4.45. The number of carbonyl (C=O) groups is 1. The number of methoxy groups -OCH3 is 1. The molecule has 0 aliphatic carbocycles. The van der Waals surface area contributed by atoms with Crippen molar-refractivity contribution in [3.8, 4) is 0 Å². The summed E-state index contributed by atoms with van der Waals surface area (Å²) in [5.41, 5.74) is 0. The molecule has 2 fully saturated rings. The lowest BCUT2D eigenvalue weighted by Gasteiger charge is -2.46. The molecular weight excluding hydrogens is 314 g/mol. The molecule has 3 heterocycles. The largest absolute Gasteiger partial charge is 0.383 e. The molecule has 0 radical (unpaired) electrons. The van der Waals surface area contributed by atoms with Gasteiger partial charge in [0.25, 0.3) is 0 Å². The second-order valence-electron chi connectivity index (χ2n) is 7.58. The van der Waals surface area contributed by atoms with E-state index >= 15 is 0 Å². The number of nitrogens with zero attached hydrogens (tertiary/aromatic N) is 3. The molecule has 0 aromatic carbocycles. The van der Waals surface area contributed by atoms with Crippen LogP contribution in [0.15, 0.2) is 24.5 Å². The van der Waals surface area contributed by atoms with Gasteiger partial charge in [-0.15, -0.1) is 0 Å². The number of rotatable bonds is 7. The number of hydrogen-bond donors (Lipinski definition) is 0. The van der Waals surface area contributed by atoms with E-state index in [1.807, 2.05) is 36.0 Å². The highest BCUT2D eigenvalue weighted by Gasteiger charge is 2.35. The number of piperidine rings is 2. The highest BCUT2D eigenvalue weighted by molar-refractivity contribution is 5.80. The average molecular weight is 348 g/mol. The molecule has 140 valence electrons. The van der Waals surface area contributed by atoms with Crippen LogP contribution in [0, 0.1) is 5.92 Å². The first-order valence-electron chi connectivity index (χ1n) is 9.85. The predicted octanol–water partition coefficient (Wildman–Crippen LogP) is 2.79. The van der Waals surface area contributed by atoms with Crippen molar-refractivity contribution < 1.29 is 9.53 Å². The predicted molar refractivity (Wildman–Crippen MR) is 99.5 cm³/mol. The Labute approximate surface area is 151 Å². The van der Waals surface area contributed by atoms with Gasteiger partial charge in [0.05, 0.1) is 6.61 Å². The molecule has 2 saturated heterocycles. The number of carbonyl (C=O) groups excluding carboxylic acids is 1. The quantitative estimate of drug-likeness (QED) is 0.761. The van der Waals surface area contributed by atoms with Crippen molar-refractivity contribution in [1.82, 2.24) is 14.4 Å². The van der Waals surface area contributed by atoms with E-state index in [4.69, 9.17) is 4.74 Å². The number of hydrogen-bond acceptors (Lipinski definition) is 3. The molecule has 3 rings (SSSR count). The Hall–Kier alpha value is -1.33. The van der Waals surface area contributed by atoms with Gasteiger partial charge < -0.3 is 19.1 Å². The molecule has 0 spiro atoms. The molecule has 3 atom stereocenters. The third-order valence-electron chi connectivity index (χ3n) is 5.99. The molecular formula is C20H33N3O2. The van der Waals surface area contributed by atoms with Crippen LogP contribution in [0.25, 0.3) is 0 Å². The zero-order valence-corrected chi connectivity index (χ0v) is 15.8. The molecule has 1 amide bonds. The summed E-state index contributed by atoms with van der Waals surface area (Å²) >= 11 is 0. The fourth-order valence-corrected chi connectivity index (χ4v) is 4.56. The summed E-state index contributed by atoms with van der Waals surface area (Å²) in [5.74, 6) is 0.813. The molecule has 0 bridgehead atoms. The highest BCUT2D eigenvalue weighted by atomic mass is 16.5. The Morgan fingerprint density at radius 1 is 1.20 bits per heavy atom. The molecule has 0 N–H and O–H groups in total. The second kappa shape index (κ2) is 8.86. The van der Waals surface area contributed by atoms with Crippen molar-refractivity contribution in [2.45, 2.75) is 51.1 Å². The van der Waals surface area contributed by atoms with Gasteiger partial charge in [-0.3, -0.25) is 4.79 Å². The molecule has 2 aliphatic rings. The molecule has 25 heavy (non-hydrogen) atoms. The number of fused-ring (bicyclic) bond motifs is 1. The van der Waals surface area contributed by atoms with Gasteiger partial charge in [-0.1, -0.05) is 6.42 Å². The maximum Gasteiger partial charge on any atom is 0.245 e. The van der Waals surface area contributed by atoms with Gasteiger partial charge in [-0.05, 0) is 63.7 Å². The summed E-state index contributed by atoms with van der Waals surface area (Å²) in [6.07, 6.45) is 10.4. The average Bonchev–Trinajstić information content (AvgIpc) is 3.18. The van der Waals surface area contributed by atoms with Gasteiger partial charge >= 0.3 is 0 Å². The topological polar surface area (TPSA) is 37.7 Å². The minimum absolute atomic E-state index is 0.155. The van der Waals surface area contributed by atoms with Crippen LogP contribution in [-0.2, 0) is 9.53 Å². The lowest BCUT2D eigenvalue weighted by Crippen LogP contribution is -2.52. The smallest absolute Gasteiger partial charge is 0.245 e. The summed E-state index contributed by atoms with van der Waals surface area (Å²) < 4.78 is 7.27. The third-order valence-corrected chi connectivity index (χ3v) is 5.99. The minimum atomic E-state index is -0.155. The van der Waals surface area contributed by atoms with Crippen molar-refractivity contribution in [3.63, 3.8) is 0 Å². The van der Waals surface area contributed by atoms with Gasteiger partial charge in [0.15, 0.2) is 0 Å². The molecule has 5 heteroatoms. The maximum absolute atomic E-state index is 13.1. The molecule has 1 aromatic rings. The van der Waals surface area contributed by atoms with Crippen LogP contribution in [0.3, 0.4) is 0 Å². The number of aromatic nitrogens is 1. The molecule has 0 saturated carbocycles. The van der Waals surface area contributed by atoms with E-state index in [1.165, 1.54) is 45.2 Å². The van der Waals surface area contributed by atoms with E-state index < -0.39 is 0 Å². The van der Waals surface area contributed by atoms with E-state index in [0.717, 1.165) is 6.54 Å². The first-order valence-corrected chi connectivity index (χ1v) is 9.85. The molecule has 1 aromatic heterocycles. The van der Waals surface area contributed by atoms with Crippen molar-refractivity contribution >= 4 is 5.91 Å². The Morgan fingerprint density at radius 3 is 2.72 bits per heavy atom. The number of ether oxygens (including phenoxy) is 1. The van der Waals surface area contributed by atoms with Gasteiger partial charge in [0.1, 0.15) is 6.04 Å². The van der Waals surface area contributed by atoms with E-state index in [2.05, 4.69) is 9.80 Å². The molecule has 5 nitrogen and oxygen atoms in total. The van der Waals surface area contributed by atoms with Crippen molar-refractivity contribution in [1.29, 1.82) is 0 Å². The summed E-state index contributed by atoms with van der Waals surface area (Å²) in [5, 5.41) is 0. The standard InChI is InChI=1S/C20H33N3O2/c1-17(21-10-5-6-11-21)20(24)23(14-15-25-2)16-18-8-7-13-22-12-4-3-9-19(18)22/h5-6,10-11,17-19H,3-4,7-9,12-16H2,1-2H3. The summed E-state index contributed by atoms with van der Waals surface area (Å²) in [6, 6.07) is 4.47. The lowest BCUT2D eigenvalue weighted by atomic mass is 9.83. The Bertz CT molecular complexity index is 529. The van der Waals surface area contributed by atoms with E-state index in [9.17, 15) is 4.79 Å². The molecule has 2 aliphatic heterocycles. The zero-order chi connectivity index (χ0) is 17.6. The van der Waals surface area contributed by atoms with Crippen LogP contribution in [-0.4, -0.2) is 66.2 Å². The zero-order valence-electron chi connectivity index (χ0n) is 15.8. The maximum atomic E-state index is 13.1. The number of amides is 1. The highest BCUT2D eigenvalue weighted by Crippen LogP contribution is 2.31. The van der Waals surface area contributed by atoms with E-state index in [1.54, 1.807) is 7.11 Å². The normalized spacial score (nSPS) is 25.4. The monoisotopic (exact) mass is 347 g/mol. The van der Waals surface area contributed by atoms with Gasteiger partial charge in [-0.2, -0.15) is 0 Å². The minimum Gasteiger partial charge on any atom is -0.383 e. The van der Waals surface area contributed by atoms with Crippen LogP contribution in [0.5, 0.6) is 0 Å². The van der Waals surface area contributed by atoms with Crippen LogP contribution in [0.4, 0.5) is 0 Å². The summed E-state index contributed by atoms with van der Waals surface area (Å²) in [6.45, 7) is 6.64. The van der Waals surface area contributed by atoms with Gasteiger partial charge in [0, 0.05) is 38.6 Å². The second-order valence-corrected chi connectivity index (χ2v) is 7.58. The fraction of sp³-hybridized carbons (Fsp3) is 0.750. The first-order chi connectivity index (χ1) is 12.2. The Morgan fingerprint density at radius 2 is 1.96 bits per heavy atom. The SMILES string of the molecule is COCCN(CC1CCCN2CCCCC12)C(=O)C(C)n1cccc1. The van der Waals surface area contributed by atoms with Crippen molar-refractivity contribution in [3.05, 3.63) is 24.5 Å². The Kier molecular flexibility index (Phi) is 6.54. The van der Waals surface area contributed by atoms with Crippen LogP contribution in [0.1, 0.15) is 45.1 Å². The van der Waals surface area contributed by atoms with Crippen LogP contribution >= 0.6 is 0 Å². The summed E-state index contributed by atoms with van der Waals surface area (Å²) in [7, 11) is 1.71. The van der Waals surface area contributed by atoms with Gasteiger partial charge in [0.2, 0.25) is 5.91 Å². The summed E-state index contributed by atoms with van der Waals surface area (Å²) in [4.78, 5) is 17.8. The van der Waals surface area contributed by atoms with Gasteiger partial charge in [-0.25, -0.2) is 0 Å². The molecule has 3 unspecified atom stereocenters. The first kappa shape index (κ1) is 18.5. The Balaban J connectivity index is 1.68. The lowest BCUT2D eigenvalue weighted by molar-refractivity contribution is -0.136. The van der Waals surface area contributed by atoms with Crippen molar-refractivity contribution in [2.75, 3.05) is 39.9 Å². The van der Waals surface area contributed by atoms with Crippen LogP contribution < -0.4 is 0 Å². The van der Waals surface area contributed by atoms with Crippen molar-refractivity contribution in [2.24, 2.45) is 5.92 Å². The van der Waals surface area contributed by atoms with Crippen LogP contribution in [0.2, 0.25) is 0 Å². The van der Waals surface area contributed by atoms with E-state index in [0.29, 0.717) is 25.1 Å². The van der Waals surface area contributed by atoms with E-state index in [-0.39, 0.29) is 11.9 Å².